The number of nitrogens with one attached hydrogen (secondary N) is 1. The van der Waals surface area contributed by atoms with Crippen LogP contribution in [0.4, 0.5) is 0 Å². The van der Waals surface area contributed by atoms with Crippen molar-refractivity contribution in [1.82, 2.24) is 10.2 Å². The molecule has 2 rings (SSSR count). The van der Waals surface area contributed by atoms with Gasteiger partial charge in [0.15, 0.2) is 0 Å². The topological polar surface area (TPSA) is 28.4 Å². The van der Waals surface area contributed by atoms with Crippen LogP contribution in [-0.4, -0.2) is 24.5 Å². The molecule has 0 atom stereocenters. The van der Waals surface area contributed by atoms with Crippen LogP contribution < -0.4 is 5.32 Å². The van der Waals surface area contributed by atoms with Crippen LogP contribution >= 0.6 is 0 Å². The fourth-order valence-electron chi connectivity index (χ4n) is 2.41. The van der Waals surface area contributed by atoms with Gasteiger partial charge in [-0.15, -0.1) is 0 Å². The second kappa shape index (κ2) is 7.11. The van der Waals surface area contributed by atoms with Gasteiger partial charge in [-0.25, -0.2) is 0 Å². The molecule has 0 amide bonds. The summed E-state index contributed by atoms with van der Waals surface area (Å²) in [5.74, 6) is 3.17. The van der Waals surface area contributed by atoms with E-state index in [0.717, 1.165) is 50.0 Å². The molecule has 1 aliphatic carbocycles. The molecular weight excluding hydrogens is 236 g/mol. The third kappa shape index (κ3) is 4.66. The molecule has 0 aromatic carbocycles. The predicted octanol–water partition coefficient (Wildman–Crippen LogP) is 3.32. The minimum Gasteiger partial charge on any atom is -0.463 e. The van der Waals surface area contributed by atoms with E-state index in [1.54, 1.807) is 0 Å². The van der Waals surface area contributed by atoms with Gasteiger partial charge in [0.2, 0.25) is 0 Å². The molecule has 1 N–H and O–H groups in total. The third-order valence-corrected chi connectivity index (χ3v) is 3.82. The molecule has 0 radical (unpaired) electrons. The molecule has 0 saturated heterocycles. The molecule has 0 unspecified atom stereocenters. The molecule has 1 aromatic heterocycles. The van der Waals surface area contributed by atoms with Crippen LogP contribution in [0.25, 0.3) is 0 Å². The Morgan fingerprint density at radius 2 is 2.16 bits per heavy atom. The quantitative estimate of drug-likeness (QED) is 0.694. The van der Waals surface area contributed by atoms with Gasteiger partial charge in [-0.3, -0.25) is 4.90 Å². The Morgan fingerprint density at radius 3 is 2.79 bits per heavy atom. The van der Waals surface area contributed by atoms with Crippen molar-refractivity contribution in [3.05, 3.63) is 23.2 Å². The van der Waals surface area contributed by atoms with Gasteiger partial charge in [-0.1, -0.05) is 13.8 Å². The first kappa shape index (κ1) is 14.6. The van der Waals surface area contributed by atoms with Crippen LogP contribution in [0.2, 0.25) is 0 Å². The maximum atomic E-state index is 5.99. The minimum atomic E-state index is 0.856. The number of hydrogen-bond donors (Lipinski definition) is 1. The first-order valence-corrected chi connectivity index (χ1v) is 7.74. The highest BCUT2D eigenvalue weighted by molar-refractivity contribution is 5.20. The Morgan fingerprint density at radius 1 is 1.37 bits per heavy atom. The van der Waals surface area contributed by atoms with Gasteiger partial charge >= 0.3 is 0 Å². The fourth-order valence-corrected chi connectivity index (χ4v) is 2.41. The summed E-state index contributed by atoms with van der Waals surface area (Å²) in [6.45, 7) is 11.8. The fraction of sp³-hybridized carbons (Fsp3) is 0.750. The Kier molecular flexibility index (Phi) is 5.46. The lowest BCUT2D eigenvalue weighted by Gasteiger charge is -2.18. The van der Waals surface area contributed by atoms with Crippen LogP contribution in [0.1, 0.15) is 50.2 Å². The van der Waals surface area contributed by atoms with Gasteiger partial charge in [-0.05, 0) is 56.8 Å². The molecule has 0 aliphatic heterocycles. The van der Waals surface area contributed by atoms with E-state index < -0.39 is 0 Å². The van der Waals surface area contributed by atoms with E-state index >= 15 is 0 Å². The van der Waals surface area contributed by atoms with Gasteiger partial charge in [0.1, 0.15) is 11.5 Å². The van der Waals surface area contributed by atoms with Gasteiger partial charge in [-0.2, -0.15) is 0 Å². The monoisotopic (exact) mass is 264 g/mol. The van der Waals surface area contributed by atoms with E-state index in [9.17, 15) is 0 Å². The third-order valence-electron chi connectivity index (χ3n) is 3.82. The summed E-state index contributed by atoms with van der Waals surface area (Å²) in [6.07, 6.45) is 4.00. The Balaban J connectivity index is 1.86. The summed E-state index contributed by atoms with van der Waals surface area (Å²) in [5, 5.41) is 3.41. The summed E-state index contributed by atoms with van der Waals surface area (Å²) in [4.78, 5) is 2.50. The average Bonchev–Trinajstić information content (AvgIpc) is 3.14. The second-order valence-electron chi connectivity index (χ2n) is 5.77. The summed E-state index contributed by atoms with van der Waals surface area (Å²) in [5.41, 5.74) is 1.28. The molecule has 0 spiro atoms. The van der Waals surface area contributed by atoms with E-state index in [0.29, 0.717) is 0 Å². The molecular formula is C16H28N2O. The van der Waals surface area contributed by atoms with E-state index in [4.69, 9.17) is 4.42 Å². The zero-order chi connectivity index (χ0) is 13.7. The lowest BCUT2D eigenvalue weighted by molar-refractivity contribution is 0.243. The lowest BCUT2D eigenvalue weighted by atomic mass is 10.2. The molecule has 3 nitrogen and oxygen atoms in total. The maximum absolute atomic E-state index is 5.99. The molecule has 1 saturated carbocycles. The normalized spacial score (nSPS) is 15.4. The Bertz CT molecular complexity index is 382. The number of aryl methyl sites for hydroxylation is 1. The lowest BCUT2D eigenvalue weighted by Crippen LogP contribution is -2.24. The van der Waals surface area contributed by atoms with Crippen molar-refractivity contribution in [2.24, 2.45) is 5.92 Å². The van der Waals surface area contributed by atoms with E-state index in [2.05, 4.69) is 37.1 Å². The largest absolute Gasteiger partial charge is 0.463 e. The van der Waals surface area contributed by atoms with Crippen molar-refractivity contribution in [2.75, 3.05) is 19.6 Å². The molecule has 1 aromatic rings. The zero-order valence-corrected chi connectivity index (χ0v) is 12.7. The van der Waals surface area contributed by atoms with Crippen molar-refractivity contribution in [2.45, 2.75) is 53.1 Å². The summed E-state index contributed by atoms with van der Waals surface area (Å²) >= 11 is 0. The highest BCUT2D eigenvalue weighted by atomic mass is 16.3. The summed E-state index contributed by atoms with van der Waals surface area (Å²) < 4.78 is 5.99. The second-order valence-corrected chi connectivity index (χ2v) is 5.77. The molecule has 0 bridgehead atoms. The zero-order valence-electron chi connectivity index (χ0n) is 12.7. The minimum absolute atomic E-state index is 0.856. The van der Waals surface area contributed by atoms with Crippen molar-refractivity contribution in [1.29, 1.82) is 0 Å². The van der Waals surface area contributed by atoms with Crippen LogP contribution in [0.5, 0.6) is 0 Å². The van der Waals surface area contributed by atoms with Crippen molar-refractivity contribution >= 4 is 0 Å². The maximum Gasteiger partial charge on any atom is 0.120 e. The number of rotatable bonds is 9. The smallest absolute Gasteiger partial charge is 0.120 e. The number of hydrogen-bond acceptors (Lipinski definition) is 3. The molecule has 3 heteroatoms. The molecule has 1 heterocycles. The van der Waals surface area contributed by atoms with Crippen molar-refractivity contribution in [3.8, 4) is 0 Å². The molecule has 108 valence electrons. The van der Waals surface area contributed by atoms with Crippen molar-refractivity contribution in [3.63, 3.8) is 0 Å². The Hall–Kier alpha value is -0.800. The molecule has 19 heavy (non-hydrogen) atoms. The van der Waals surface area contributed by atoms with Gasteiger partial charge < -0.3 is 9.73 Å². The number of nitrogens with zero attached hydrogens (tertiary/aromatic N) is 1. The van der Waals surface area contributed by atoms with Gasteiger partial charge in [0.25, 0.3) is 0 Å². The first-order valence-electron chi connectivity index (χ1n) is 7.74. The SMILES string of the molecule is CCCNCc1oc(CN(CC)CC2CC2)cc1C. The Labute approximate surface area is 117 Å². The van der Waals surface area contributed by atoms with E-state index in [1.807, 2.05) is 0 Å². The number of furan rings is 1. The van der Waals surface area contributed by atoms with Crippen LogP contribution in [0.3, 0.4) is 0 Å². The standard InChI is InChI=1S/C16H28N2O/c1-4-8-17-10-16-13(3)9-15(19-16)12-18(5-2)11-14-6-7-14/h9,14,17H,4-8,10-12H2,1-3H3. The molecule has 1 aliphatic rings. The predicted molar refractivity (Wildman–Crippen MR) is 79.1 cm³/mol. The van der Waals surface area contributed by atoms with Crippen LogP contribution in [0.15, 0.2) is 10.5 Å². The van der Waals surface area contributed by atoms with Crippen LogP contribution in [0, 0.1) is 12.8 Å². The first-order chi connectivity index (χ1) is 9.22. The van der Waals surface area contributed by atoms with E-state index in [1.165, 1.54) is 24.9 Å². The highest BCUT2D eigenvalue weighted by Crippen LogP contribution is 2.30. The van der Waals surface area contributed by atoms with Crippen molar-refractivity contribution < 1.29 is 4.42 Å². The van der Waals surface area contributed by atoms with Gasteiger partial charge in [0, 0.05) is 6.54 Å². The van der Waals surface area contributed by atoms with Crippen LogP contribution in [-0.2, 0) is 13.1 Å². The average molecular weight is 264 g/mol. The summed E-state index contributed by atoms with van der Waals surface area (Å²) in [6, 6.07) is 2.21. The molecule has 1 fully saturated rings. The summed E-state index contributed by atoms with van der Waals surface area (Å²) in [7, 11) is 0. The highest BCUT2D eigenvalue weighted by Gasteiger charge is 2.24. The van der Waals surface area contributed by atoms with E-state index in [-0.39, 0.29) is 0 Å². The van der Waals surface area contributed by atoms with Gasteiger partial charge in [0.05, 0.1) is 13.1 Å².